The fourth-order valence-corrected chi connectivity index (χ4v) is 4.95. The van der Waals surface area contributed by atoms with Crippen LogP contribution in [-0.2, 0) is 14.8 Å². The number of hydrogen-bond acceptors (Lipinski definition) is 4. The van der Waals surface area contributed by atoms with Crippen molar-refractivity contribution >= 4 is 37.7 Å². The average molecular weight is 464 g/mol. The number of nitrogens with one attached hydrogen (secondary N) is 2. The lowest BCUT2D eigenvalue weighted by Gasteiger charge is -2.21. The second kappa shape index (κ2) is 8.05. The average Bonchev–Trinajstić information content (AvgIpc) is 2.90. The number of aliphatic imine (C=N–C) groups is 1. The third-order valence-corrected chi connectivity index (χ3v) is 6.68. The number of nitrogens with zero attached hydrogens (tertiary/aromatic N) is 1. The molecule has 0 fully saturated rings. The summed E-state index contributed by atoms with van der Waals surface area (Å²) in [5, 5.41) is 2.98. The van der Waals surface area contributed by atoms with Crippen molar-refractivity contribution in [3.8, 4) is 0 Å². The van der Waals surface area contributed by atoms with E-state index in [0.717, 1.165) is 10.0 Å². The Hall–Kier alpha value is -2.19. The summed E-state index contributed by atoms with van der Waals surface area (Å²) in [6.07, 6.45) is 0. The van der Waals surface area contributed by atoms with Crippen molar-refractivity contribution in [2.45, 2.75) is 37.8 Å². The summed E-state index contributed by atoms with van der Waals surface area (Å²) in [7, 11) is -3.64. The summed E-state index contributed by atoms with van der Waals surface area (Å²) in [6.45, 7) is 5.66. The van der Waals surface area contributed by atoms with Crippen molar-refractivity contribution in [3.05, 3.63) is 64.1 Å². The van der Waals surface area contributed by atoms with Crippen LogP contribution < -0.4 is 10.0 Å². The van der Waals surface area contributed by atoms with Crippen LogP contribution in [0.4, 0.5) is 0 Å². The Balaban J connectivity index is 1.88. The largest absolute Gasteiger partial charge is 0.348 e. The zero-order valence-corrected chi connectivity index (χ0v) is 18.2. The molecule has 3 rings (SSSR count). The zero-order chi connectivity index (χ0) is 20.5. The summed E-state index contributed by atoms with van der Waals surface area (Å²) in [5.74, 6) is -0.163. The third kappa shape index (κ3) is 4.12. The normalized spacial score (nSPS) is 18.4. The van der Waals surface area contributed by atoms with Crippen molar-refractivity contribution in [3.63, 3.8) is 0 Å². The molecule has 0 radical (unpaired) electrons. The van der Waals surface area contributed by atoms with E-state index in [1.54, 1.807) is 18.2 Å². The predicted octanol–water partition coefficient (Wildman–Crippen LogP) is 3.39. The summed E-state index contributed by atoms with van der Waals surface area (Å²) in [5.41, 5.74) is 1.44. The number of sulfonamides is 1. The first kappa shape index (κ1) is 20.5. The molecule has 0 saturated heterocycles. The molecule has 2 aromatic rings. The van der Waals surface area contributed by atoms with Crippen LogP contribution in [0.25, 0.3) is 0 Å². The lowest BCUT2D eigenvalue weighted by molar-refractivity contribution is -0.123. The Labute approximate surface area is 173 Å². The van der Waals surface area contributed by atoms with Gasteiger partial charge in [0.25, 0.3) is 10.0 Å². The van der Waals surface area contributed by atoms with E-state index < -0.39 is 16.1 Å². The minimum Gasteiger partial charge on any atom is -0.348 e. The Bertz CT molecular complexity index is 1030. The molecule has 1 aliphatic rings. The van der Waals surface area contributed by atoms with E-state index in [-0.39, 0.29) is 28.6 Å². The number of amides is 1. The summed E-state index contributed by atoms with van der Waals surface area (Å²) < 4.78 is 27.9. The van der Waals surface area contributed by atoms with Gasteiger partial charge in [0.2, 0.25) is 5.91 Å². The highest BCUT2D eigenvalue weighted by Crippen LogP contribution is 2.25. The molecule has 0 aromatic heterocycles. The number of halogens is 1. The van der Waals surface area contributed by atoms with Crippen LogP contribution in [-0.4, -0.2) is 26.2 Å². The topological polar surface area (TPSA) is 87.6 Å². The van der Waals surface area contributed by atoms with Crippen LogP contribution in [0.15, 0.2) is 62.9 Å². The first-order valence-electron chi connectivity index (χ1n) is 8.95. The second-order valence-corrected chi connectivity index (χ2v) is 9.53. The van der Waals surface area contributed by atoms with Gasteiger partial charge in [0, 0.05) is 10.0 Å². The number of amidine groups is 1. The molecule has 0 aliphatic carbocycles. The molecule has 148 valence electrons. The van der Waals surface area contributed by atoms with Crippen molar-refractivity contribution in [1.29, 1.82) is 0 Å². The van der Waals surface area contributed by atoms with Gasteiger partial charge in [-0.2, -0.15) is 0 Å². The van der Waals surface area contributed by atoms with E-state index in [1.807, 2.05) is 45.0 Å². The van der Waals surface area contributed by atoms with Crippen LogP contribution in [0.2, 0.25) is 0 Å². The van der Waals surface area contributed by atoms with Gasteiger partial charge >= 0.3 is 0 Å². The van der Waals surface area contributed by atoms with E-state index in [9.17, 15) is 13.2 Å². The minimum absolute atomic E-state index is 0.115. The van der Waals surface area contributed by atoms with Gasteiger partial charge in [-0.25, -0.2) is 8.42 Å². The highest BCUT2D eigenvalue weighted by Gasteiger charge is 2.33. The minimum atomic E-state index is -3.64. The number of carbonyl (C=O) groups excluding carboxylic acids is 1. The van der Waals surface area contributed by atoms with Gasteiger partial charge in [0.15, 0.2) is 0 Å². The first-order valence-corrected chi connectivity index (χ1v) is 11.2. The van der Waals surface area contributed by atoms with E-state index in [1.165, 1.54) is 6.07 Å². The Morgan fingerprint density at radius 1 is 1.07 bits per heavy atom. The van der Waals surface area contributed by atoms with Gasteiger partial charge in [-0.1, -0.05) is 60.1 Å². The molecule has 0 spiro atoms. The molecule has 2 aromatic carbocycles. The summed E-state index contributed by atoms with van der Waals surface area (Å²) in [4.78, 5) is 17.6. The van der Waals surface area contributed by atoms with Crippen LogP contribution >= 0.6 is 15.9 Å². The van der Waals surface area contributed by atoms with Crippen molar-refractivity contribution in [2.24, 2.45) is 10.9 Å². The molecule has 0 bridgehead atoms. The monoisotopic (exact) mass is 463 g/mol. The molecular formula is C20H22BrN3O3S. The molecule has 2 atom stereocenters. The van der Waals surface area contributed by atoms with Gasteiger partial charge < -0.3 is 5.32 Å². The van der Waals surface area contributed by atoms with E-state index in [2.05, 4.69) is 31.0 Å². The molecule has 1 unspecified atom stereocenters. The highest BCUT2D eigenvalue weighted by molar-refractivity contribution is 9.10. The summed E-state index contributed by atoms with van der Waals surface area (Å²) in [6, 6.07) is 13.3. The number of carbonyl (C=O) groups is 1. The predicted molar refractivity (Wildman–Crippen MR) is 113 cm³/mol. The molecule has 28 heavy (non-hydrogen) atoms. The van der Waals surface area contributed by atoms with Gasteiger partial charge in [-0.3, -0.25) is 14.5 Å². The fraction of sp³-hybridized carbons (Fsp3) is 0.300. The quantitative estimate of drug-likeness (QED) is 0.711. The summed E-state index contributed by atoms with van der Waals surface area (Å²) >= 11 is 3.50. The smallest absolute Gasteiger partial charge is 0.263 e. The Morgan fingerprint density at radius 3 is 2.39 bits per heavy atom. The Kier molecular flexibility index (Phi) is 5.90. The lowest BCUT2D eigenvalue weighted by Crippen LogP contribution is -2.39. The molecule has 2 N–H and O–H groups in total. The van der Waals surface area contributed by atoms with Crippen molar-refractivity contribution in [1.82, 2.24) is 10.0 Å². The van der Waals surface area contributed by atoms with E-state index in [4.69, 9.17) is 0 Å². The van der Waals surface area contributed by atoms with Crippen LogP contribution in [0.3, 0.4) is 0 Å². The Morgan fingerprint density at radius 2 is 1.71 bits per heavy atom. The van der Waals surface area contributed by atoms with Gasteiger partial charge in [0.05, 0.1) is 10.9 Å². The van der Waals surface area contributed by atoms with Crippen LogP contribution in [0, 0.1) is 5.92 Å². The van der Waals surface area contributed by atoms with Crippen molar-refractivity contribution < 1.29 is 13.2 Å². The van der Waals surface area contributed by atoms with Crippen molar-refractivity contribution in [2.75, 3.05) is 0 Å². The number of fused-ring (bicyclic) bond motifs is 1. The van der Waals surface area contributed by atoms with Crippen LogP contribution in [0.1, 0.15) is 37.9 Å². The standard InChI is InChI=1S/C20H22BrN3O3S/c1-12(2)18(20(25)22-13(3)14-8-4-6-10-16(14)21)23-19-15-9-5-7-11-17(15)28(26,27)24-19/h4-13,18H,1-3H3,(H,22,25)(H,23,24)/t13?,18-/m0/s1. The molecular weight excluding hydrogens is 442 g/mol. The maximum atomic E-state index is 12.9. The molecule has 0 saturated carbocycles. The molecule has 1 aliphatic heterocycles. The van der Waals surface area contributed by atoms with Gasteiger partial charge in [-0.15, -0.1) is 0 Å². The maximum Gasteiger partial charge on any atom is 0.263 e. The molecule has 1 heterocycles. The van der Waals surface area contributed by atoms with E-state index >= 15 is 0 Å². The van der Waals surface area contributed by atoms with Gasteiger partial charge in [-0.05, 0) is 36.6 Å². The fourth-order valence-electron chi connectivity index (χ4n) is 3.08. The third-order valence-electron chi connectivity index (χ3n) is 4.56. The van der Waals surface area contributed by atoms with E-state index in [0.29, 0.717) is 5.56 Å². The molecule has 8 heteroatoms. The van der Waals surface area contributed by atoms with Crippen LogP contribution in [0.5, 0.6) is 0 Å². The van der Waals surface area contributed by atoms with Gasteiger partial charge in [0.1, 0.15) is 11.9 Å². The zero-order valence-electron chi connectivity index (χ0n) is 15.8. The SMILES string of the molecule is CC(NC(=O)[C@@H](N=C1NS(=O)(=O)c2ccccc21)C(C)C)c1ccccc1Br. The molecule has 1 amide bonds. The maximum absolute atomic E-state index is 12.9. The highest BCUT2D eigenvalue weighted by atomic mass is 79.9. The molecule has 6 nitrogen and oxygen atoms in total. The number of benzene rings is 2. The number of hydrogen-bond donors (Lipinski definition) is 2. The second-order valence-electron chi connectivity index (χ2n) is 7.02. The first-order chi connectivity index (χ1) is 13.2. The lowest BCUT2D eigenvalue weighted by atomic mass is 10.0. The number of rotatable bonds is 5.